The first-order valence-corrected chi connectivity index (χ1v) is 16.0. The molecule has 2 aliphatic rings. The molecule has 2 aromatic carbocycles. The topological polar surface area (TPSA) is 94.0 Å². The Morgan fingerprint density at radius 1 is 1.12 bits per heavy atom. The fraction of sp³-hybridized carbons (Fsp3) is 0.345. The second-order valence-electron chi connectivity index (χ2n) is 10.0. The van der Waals surface area contributed by atoms with Gasteiger partial charge < -0.3 is 9.47 Å². The minimum Gasteiger partial charge on any atom is -0.385 e. The number of methoxy groups -OCH3 is 1. The van der Waals surface area contributed by atoms with Crippen molar-refractivity contribution in [1.82, 2.24) is 19.0 Å². The summed E-state index contributed by atoms with van der Waals surface area (Å²) in [6.07, 6.45) is 3.91. The summed E-state index contributed by atoms with van der Waals surface area (Å²) in [5, 5.41) is 4.84. The number of aromatic nitrogens is 2. The van der Waals surface area contributed by atoms with Gasteiger partial charge in [-0.25, -0.2) is 13.1 Å². The van der Waals surface area contributed by atoms with E-state index < -0.39 is 10.0 Å². The van der Waals surface area contributed by atoms with E-state index in [1.165, 1.54) is 16.1 Å². The van der Waals surface area contributed by atoms with E-state index in [1.54, 1.807) is 41.0 Å². The largest absolute Gasteiger partial charge is 0.385 e. The third-order valence-electron chi connectivity index (χ3n) is 6.79. The lowest BCUT2D eigenvalue weighted by Crippen LogP contribution is -2.48. The van der Waals surface area contributed by atoms with E-state index in [4.69, 9.17) is 26.8 Å². The first-order chi connectivity index (χ1) is 19.7. The maximum atomic E-state index is 13.6. The molecule has 3 heterocycles. The Labute approximate surface area is 250 Å². The SMILES string of the molecule is COCCCN1C(=O)/C(=C/c2cn(-c3ccccc3)nc2-c2cccc(S(=O)(=O)N3CC(C)OC(C)C3)c2)SC1=S. The lowest BCUT2D eigenvalue weighted by molar-refractivity contribution is -0.122. The van der Waals surface area contributed by atoms with Gasteiger partial charge in [0.15, 0.2) is 0 Å². The van der Waals surface area contributed by atoms with Crippen LogP contribution in [-0.4, -0.2) is 83.2 Å². The highest BCUT2D eigenvalue weighted by Crippen LogP contribution is 2.35. The summed E-state index contributed by atoms with van der Waals surface area (Å²) in [5.74, 6) is -0.165. The van der Waals surface area contributed by atoms with Gasteiger partial charge in [-0.2, -0.15) is 9.40 Å². The van der Waals surface area contributed by atoms with Crippen LogP contribution in [0.15, 0.2) is 70.6 Å². The van der Waals surface area contributed by atoms with Crippen molar-refractivity contribution in [2.75, 3.05) is 33.4 Å². The third-order valence-corrected chi connectivity index (χ3v) is 9.99. The summed E-state index contributed by atoms with van der Waals surface area (Å²) in [7, 11) is -2.14. The summed E-state index contributed by atoms with van der Waals surface area (Å²) in [6, 6.07) is 16.4. The maximum absolute atomic E-state index is 13.6. The van der Waals surface area contributed by atoms with Gasteiger partial charge in [0, 0.05) is 50.7 Å². The van der Waals surface area contributed by atoms with Crippen molar-refractivity contribution in [1.29, 1.82) is 0 Å². The van der Waals surface area contributed by atoms with Gasteiger partial charge in [-0.05, 0) is 50.6 Å². The molecule has 2 unspecified atom stereocenters. The van der Waals surface area contributed by atoms with E-state index in [9.17, 15) is 13.2 Å². The molecular formula is C29H32N4O5S3. The highest BCUT2D eigenvalue weighted by Gasteiger charge is 2.34. The molecule has 41 heavy (non-hydrogen) atoms. The van der Waals surface area contributed by atoms with Crippen molar-refractivity contribution in [2.45, 2.75) is 37.4 Å². The summed E-state index contributed by atoms with van der Waals surface area (Å²) >= 11 is 6.74. The van der Waals surface area contributed by atoms with Crippen molar-refractivity contribution >= 4 is 50.3 Å². The summed E-state index contributed by atoms with van der Waals surface area (Å²) in [4.78, 5) is 15.5. The smallest absolute Gasteiger partial charge is 0.266 e. The van der Waals surface area contributed by atoms with Crippen molar-refractivity contribution in [3.05, 3.63) is 71.3 Å². The number of carbonyl (C=O) groups is 1. The van der Waals surface area contributed by atoms with E-state index >= 15 is 0 Å². The second-order valence-corrected chi connectivity index (χ2v) is 13.6. The average molecular weight is 613 g/mol. The molecular weight excluding hydrogens is 581 g/mol. The maximum Gasteiger partial charge on any atom is 0.266 e. The van der Waals surface area contributed by atoms with E-state index in [2.05, 4.69) is 0 Å². The molecule has 1 amide bonds. The number of rotatable bonds is 9. The van der Waals surface area contributed by atoms with Crippen molar-refractivity contribution in [3.63, 3.8) is 0 Å². The number of para-hydroxylation sites is 1. The molecule has 2 aliphatic heterocycles. The van der Waals surface area contributed by atoms with Gasteiger partial charge in [-0.15, -0.1) is 0 Å². The zero-order valence-electron chi connectivity index (χ0n) is 23.1. The quantitative estimate of drug-likeness (QED) is 0.197. The van der Waals surface area contributed by atoms with Crippen LogP contribution in [0.5, 0.6) is 0 Å². The number of hydrogen-bond acceptors (Lipinski definition) is 8. The van der Waals surface area contributed by atoms with Gasteiger partial charge >= 0.3 is 0 Å². The van der Waals surface area contributed by atoms with E-state index in [-0.39, 0.29) is 36.1 Å². The lowest BCUT2D eigenvalue weighted by atomic mass is 10.1. The Balaban J connectivity index is 1.53. The van der Waals surface area contributed by atoms with Gasteiger partial charge in [0.05, 0.1) is 27.7 Å². The molecule has 2 saturated heterocycles. The van der Waals surface area contributed by atoms with Gasteiger partial charge in [0.1, 0.15) is 10.0 Å². The Bertz CT molecular complexity index is 1560. The molecule has 0 spiro atoms. The number of morpholine rings is 1. The van der Waals surface area contributed by atoms with Gasteiger partial charge in [-0.3, -0.25) is 9.69 Å². The van der Waals surface area contributed by atoms with Gasteiger partial charge in [0.25, 0.3) is 5.91 Å². The number of ether oxygens (including phenoxy) is 2. The predicted octanol–water partition coefficient (Wildman–Crippen LogP) is 4.57. The van der Waals surface area contributed by atoms with Crippen LogP contribution < -0.4 is 0 Å². The third kappa shape index (κ3) is 6.47. The average Bonchev–Trinajstić information content (AvgIpc) is 3.49. The Kier molecular flexibility index (Phi) is 9.07. The van der Waals surface area contributed by atoms with Gasteiger partial charge in [0.2, 0.25) is 10.0 Å². The first-order valence-electron chi connectivity index (χ1n) is 13.3. The molecule has 2 fully saturated rings. The van der Waals surface area contributed by atoms with Crippen LogP contribution in [0.2, 0.25) is 0 Å². The monoisotopic (exact) mass is 612 g/mol. The van der Waals surface area contributed by atoms with Crippen LogP contribution >= 0.6 is 24.0 Å². The molecule has 0 bridgehead atoms. The minimum absolute atomic E-state index is 0.165. The van der Waals surface area contributed by atoms with E-state index in [1.807, 2.05) is 56.4 Å². The fourth-order valence-electron chi connectivity index (χ4n) is 4.91. The number of amides is 1. The van der Waals surface area contributed by atoms with Crippen LogP contribution in [0, 0.1) is 0 Å². The van der Waals surface area contributed by atoms with Gasteiger partial charge in [-0.1, -0.05) is 54.3 Å². The number of hydrogen-bond donors (Lipinski definition) is 0. The van der Waals surface area contributed by atoms with Crippen molar-refractivity contribution < 1.29 is 22.7 Å². The Morgan fingerprint density at radius 2 is 1.85 bits per heavy atom. The molecule has 0 N–H and O–H groups in total. The number of carbonyl (C=O) groups excluding carboxylic acids is 1. The van der Waals surface area contributed by atoms with Crippen LogP contribution in [-0.2, 0) is 24.3 Å². The molecule has 0 aliphatic carbocycles. The van der Waals surface area contributed by atoms with Crippen LogP contribution in [0.1, 0.15) is 25.8 Å². The molecule has 3 aromatic rings. The molecule has 0 radical (unpaired) electrons. The summed E-state index contributed by atoms with van der Waals surface area (Å²) in [5.41, 5.74) is 2.69. The van der Waals surface area contributed by atoms with Crippen molar-refractivity contribution in [2.24, 2.45) is 0 Å². The van der Waals surface area contributed by atoms with E-state index in [0.717, 1.165) is 5.69 Å². The predicted molar refractivity (Wildman–Crippen MR) is 164 cm³/mol. The number of sulfonamides is 1. The molecule has 12 heteroatoms. The zero-order valence-corrected chi connectivity index (χ0v) is 25.5. The molecule has 0 saturated carbocycles. The number of thiocarbonyl (C=S) groups is 1. The zero-order chi connectivity index (χ0) is 29.1. The molecule has 1 aromatic heterocycles. The Hall–Kier alpha value is -2.87. The van der Waals surface area contributed by atoms with Crippen molar-refractivity contribution in [3.8, 4) is 16.9 Å². The number of nitrogens with zero attached hydrogens (tertiary/aromatic N) is 4. The minimum atomic E-state index is -3.76. The normalized spacial score (nSPS) is 21.2. The molecule has 2 atom stereocenters. The summed E-state index contributed by atoms with van der Waals surface area (Å²) in [6.45, 7) is 5.33. The number of benzene rings is 2. The molecule has 5 rings (SSSR count). The van der Waals surface area contributed by atoms with E-state index in [0.29, 0.717) is 45.6 Å². The molecule has 9 nitrogen and oxygen atoms in total. The highest BCUT2D eigenvalue weighted by atomic mass is 32.2. The Morgan fingerprint density at radius 3 is 2.56 bits per heavy atom. The number of thioether (sulfide) groups is 1. The second kappa shape index (κ2) is 12.6. The molecule has 216 valence electrons. The van der Waals surface area contributed by atoms with Crippen LogP contribution in [0.25, 0.3) is 23.0 Å². The standard InChI is InChI=1S/C29H32N4O5S3/c1-20-17-31(18-21(2)38-20)41(35,36)25-12-7-9-22(15-25)27-23(19-33(30-27)24-10-5-4-6-11-24)16-26-28(34)32(29(39)40-26)13-8-14-37-3/h4-7,9-12,15-16,19-21H,8,13-14,17-18H2,1-3H3/b26-16-. The summed E-state index contributed by atoms with van der Waals surface area (Å²) < 4.78 is 41.8. The lowest BCUT2D eigenvalue weighted by Gasteiger charge is -2.34. The van der Waals surface area contributed by atoms with Crippen LogP contribution in [0.4, 0.5) is 0 Å². The fourth-order valence-corrected chi connectivity index (χ4v) is 7.85. The first kappa shape index (κ1) is 29.6. The highest BCUT2D eigenvalue weighted by molar-refractivity contribution is 8.26. The van der Waals surface area contributed by atoms with Crippen LogP contribution in [0.3, 0.4) is 0 Å².